The number of benzene rings is 3. The number of hydrogen-bond acceptors (Lipinski definition) is 9. The van der Waals surface area contributed by atoms with Crippen LogP contribution >= 0.6 is 11.3 Å². The molecule has 1 heterocycles. The molecule has 0 aliphatic carbocycles. The Bertz CT molecular complexity index is 1940. The maximum atomic E-state index is 14.0. The largest absolute Gasteiger partial charge is 0.355 e. The van der Waals surface area contributed by atoms with Crippen LogP contribution in [0, 0.1) is 5.92 Å². The molecule has 0 aliphatic rings. The Balaban J connectivity index is 1.60. The molecule has 0 aliphatic heterocycles. The van der Waals surface area contributed by atoms with Gasteiger partial charge in [-0.1, -0.05) is 62.4 Å². The molecule has 3 atom stereocenters. The van der Waals surface area contributed by atoms with Crippen LogP contribution in [0.3, 0.4) is 0 Å². The highest BCUT2D eigenvalue weighted by molar-refractivity contribution is 7.92. The van der Waals surface area contributed by atoms with Gasteiger partial charge in [-0.15, -0.1) is 11.3 Å². The van der Waals surface area contributed by atoms with Crippen molar-refractivity contribution in [3.05, 3.63) is 112 Å². The summed E-state index contributed by atoms with van der Waals surface area (Å²) in [5, 5.41) is 17.0. The normalized spacial score (nSPS) is 13.0. The average Bonchev–Trinajstić information content (AvgIpc) is 3.68. The Labute approximate surface area is 315 Å². The monoisotopic (exact) mass is 761 g/mol. The SMILES string of the molecule is CCNC(=O)[C@@H](NC(=O)[C@H](C)NC[C@H](Cc1ccccc1)NC(=O)c1cc(C(=O)NCc2nccs2)cc(N(C)S(=O)(=O)c2ccccc2)c1)C(C)C. The van der Waals surface area contributed by atoms with Crippen LogP contribution in [0.15, 0.2) is 95.3 Å². The van der Waals surface area contributed by atoms with Crippen molar-refractivity contribution in [3.63, 3.8) is 0 Å². The Morgan fingerprint density at radius 1 is 0.830 bits per heavy atom. The molecular formula is C38H47N7O6S2. The van der Waals surface area contributed by atoms with Crippen LogP contribution in [0.4, 0.5) is 5.69 Å². The van der Waals surface area contributed by atoms with Crippen molar-refractivity contribution < 1.29 is 27.6 Å². The highest BCUT2D eigenvalue weighted by Crippen LogP contribution is 2.25. The van der Waals surface area contributed by atoms with Gasteiger partial charge < -0.3 is 26.6 Å². The van der Waals surface area contributed by atoms with E-state index >= 15 is 0 Å². The summed E-state index contributed by atoms with van der Waals surface area (Å²) in [6, 6.07) is 19.6. The number of nitrogens with zero attached hydrogens (tertiary/aromatic N) is 2. The van der Waals surface area contributed by atoms with E-state index in [1.54, 1.807) is 36.7 Å². The summed E-state index contributed by atoms with van der Waals surface area (Å²) in [7, 11) is -2.69. The molecule has 4 rings (SSSR count). The molecular weight excluding hydrogens is 715 g/mol. The number of amides is 4. The van der Waals surface area contributed by atoms with Crippen molar-refractivity contribution in [2.24, 2.45) is 5.92 Å². The highest BCUT2D eigenvalue weighted by Gasteiger charge is 2.27. The zero-order chi connectivity index (χ0) is 38.5. The van der Waals surface area contributed by atoms with Crippen LogP contribution in [0.1, 0.15) is 59.0 Å². The van der Waals surface area contributed by atoms with Crippen molar-refractivity contribution in [2.45, 2.75) is 63.7 Å². The van der Waals surface area contributed by atoms with Crippen molar-refractivity contribution in [1.29, 1.82) is 0 Å². The number of anilines is 1. The van der Waals surface area contributed by atoms with Gasteiger partial charge in [-0.25, -0.2) is 13.4 Å². The number of sulfonamides is 1. The van der Waals surface area contributed by atoms with Crippen LogP contribution in [0.2, 0.25) is 0 Å². The first-order valence-corrected chi connectivity index (χ1v) is 19.6. The second kappa shape index (κ2) is 19.1. The Kier molecular flexibility index (Phi) is 14.6. The van der Waals surface area contributed by atoms with Crippen molar-refractivity contribution >= 4 is 50.7 Å². The van der Waals surface area contributed by atoms with Crippen molar-refractivity contribution in [2.75, 3.05) is 24.4 Å². The third kappa shape index (κ3) is 11.4. The van der Waals surface area contributed by atoms with E-state index in [2.05, 4.69) is 31.6 Å². The van der Waals surface area contributed by atoms with E-state index in [1.807, 2.05) is 51.1 Å². The second-order valence-corrected chi connectivity index (χ2v) is 15.7. The standard InChI is InChI=1S/C38H47N7O6S2/c1-6-39-38(49)34(25(2)3)44-35(46)26(4)41-23-30(19-27-13-9-7-10-14-27)43-37(48)29-20-28(36(47)42-24-33-40-17-18-52-33)21-31(22-29)45(5)53(50,51)32-15-11-8-12-16-32/h7-18,20-22,25-26,30,34,41H,6,19,23-24H2,1-5H3,(H,39,49)(H,42,47)(H,43,48)(H,44,46)/t26-,30-,34-/m0/s1. The molecule has 3 aromatic carbocycles. The van der Waals surface area contributed by atoms with Crippen molar-refractivity contribution in [3.8, 4) is 0 Å². The minimum atomic E-state index is -4.05. The van der Waals surface area contributed by atoms with Crippen LogP contribution in [-0.4, -0.2) is 75.3 Å². The molecule has 53 heavy (non-hydrogen) atoms. The molecule has 282 valence electrons. The molecule has 0 fully saturated rings. The summed E-state index contributed by atoms with van der Waals surface area (Å²) >= 11 is 1.37. The van der Waals surface area contributed by atoms with Crippen LogP contribution in [0.5, 0.6) is 0 Å². The lowest BCUT2D eigenvalue weighted by Crippen LogP contribution is -2.55. The van der Waals surface area contributed by atoms with Gasteiger partial charge in [0.15, 0.2) is 0 Å². The van der Waals surface area contributed by atoms with Crippen LogP contribution in [-0.2, 0) is 32.6 Å². The summed E-state index contributed by atoms with van der Waals surface area (Å²) in [6.45, 7) is 7.95. The molecule has 0 spiro atoms. The smallest absolute Gasteiger partial charge is 0.264 e. The number of aromatic nitrogens is 1. The Morgan fingerprint density at radius 3 is 2.08 bits per heavy atom. The number of thiazole rings is 1. The lowest BCUT2D eigenvalue weighted by molar-refractivity contribution is -0.130. The topological polar surface area (TPSA) is 179 Å². The lowest BCUT2D eigenvalue weighted by Gasteiger charge is -2.26. The quantitative estimate of drug-likeness (QED) is 0.102. The molecule has 0 saturated heterocycles. The highest BCUT2D eigenvalue weighted by atomic mass is 32.2. The van der Waals surface area contributed by atoms with Gasteiger partial charge in [-0.05, 0) is 62.1 Å². The average molecular weight is 762 g/mol. The second-order valence-electron chi connectivity index (χ2n) is 12.8. The lowest BCUT2D eigenvalue weighted by atomic mass is 10.0. The zero-order valence-electron chi connectivity index (χ0n) is 30.5. The summed E-state index contributed by atoms with van der Waals surface area (Å²) in [6.07, 6.45) is 2.02. The first-order chi connectivity index (χ1) is 25.3. The van der Waals surface area contributed by atoms with Crippen LogP contribution < -0.4 is 30.9 Å². The molecule has 4 aromatic rings. The Hall–Kier alpha value is -5.12. The van der Waals surface area contributed by atoms with Gasteiger partial charge in [0.05, 0.1) is 23.2 Å². The fourth-order valence-electron chi connectivity index (χ4n) is 5.39. The summed E-state index contributed by atoms with van der Waals surface area (Å²) in [5.74, 6) is -1.85. The van der Waals surface area contributed by atoms with E-state index in [-0.39, 0.29) is 52.5 Å². The molecule has 0 unspecified atom stereocenters. The number of likely N-dealkylation sites (N-methyl/N-ethyl adjacent to an activating group) is 1. The van der Waals surface area contributed by atoms with Gasteiger partial charge >= 0.3 is 0 Å². The summed E-state index contributed by atoms with van der Waals surface area (Å²) in [5.41, 5.74) is 1.17. The van der Waals surface area contributed by atoms with E-state index in [9.17, 15) is 27.6 Å². The maximum Gasteiger partial charge on any atom is 0.264 e. The Morgan fingerprint density at radius 2 is 1.47 bits per heavy atom. The third-order valence-electron chi connectivity index (χ3n) is 8.41. The predicted octanol–water partition coefficient (Wildman–Crippen LogP) is 3.49. The van der Waals surface area contributed by atoms with Gasteiger partial charge in [0.25, 0.3) is 21.8 Å². The fraction of sp³-hybridized carbons (Fsp3) is 0.342. The molecule has 15 heteroatoms. The number of carbonyl (C=O) groups is 4. The van der Waals surface area contributed by atoms with Gasteiger partial charge in [0.1, 0.15) is 11.0 Å². The maximum absolute atomic E-state index is 14.0. The van der Waals surface area contributed by atoms with E-state index in [1.165, 1.54) is 48.7 Å². The zero-order valence-corrected chi connectivity index (χ0v) is 32.1. The number of hydrogen-bond donors (Lipinski definition) is 5. The molecule has 13 nitrogen and oxygen atoms in total. The van der Waals surface area contributed by atoms with Gasteiger partial charge in [0, 0.05) is 48.9 Å². The summed E-state index contributed by atoms with van der Waals surface area (Å²) < 4.78 is 28.2. The predicted molar refractivity (Wildman–Crippen MR) is 206 cm³/mol. The molecule has 1 aromatic heterocycles. The van der Waals surface area contributed by atoms with Crippen LogP contribution in [0.25, 0.3) is 0 Å². The minimum Gasteiger partial charge on any atom is -0.355 e. The van der Waals surface area contributed by atoms with Gasteiger partial charge in [-0.3, -0.25) is 23.5 Å². The van der Waals surface area contributed by atoms with Gasteiger partial charge in [-0.2, -0.15) is 0 Å². The van der Waals surface area contributed by atoms with E-state index < -0.39 is 40.0 Å². The minimum absolute atomic E-state index is 0.0463. The van der Waals surface area contributed by atoms with E-state index in [0.29, 0.717) is 18.0 Å². The third-order valence-corrected chi connectivity index (χ3v) is 11.0. The molecule has 0 bridgehead atoms. The van der Waals surface area contributed by atoms with E-state index in [0.717, 1.165) is 9.87 Å². The molecule has 4 amide bonds. The summed E-state index contributed by atoms with van der Waals surface area (Å²) in [4.78, 5) is 57.4. The molecule has 0 radical (unpaired) electrons. The van der Waals surface area contributed by atoms with Gasteiger partial charge in [0.2, 0.25) is 11.8 Å². The number of nitrogens with one attached hydrogen (secondary N) is 5. The fourth-order valence-corrected chi connectivity index (χ4v) is 7.15. The first-order valence-electron chi connectivity index (χ1n) is 17.3. The van der Waals surface area contributed by atoms with Crippen molar-refractivity contribution in [1.82, 2.24) is 31.6 Å². The molecule has 0 saturated carbocycles. The number of carbonyl (C=O) groups excluding carboxylic acids is 4. The number of rotatable bonds is 18. The molecule has 5 N–H and O–H groups in total. The van der Waals surface area contributed by atoms with E-state index in [4.69, 9.17) is 0 Å². The first kappa shape index (κ1) is 40.6.